The second-order valence-corrected chi connectivity index (χ2v) is 10.1. The predicted octanol–water partition coefficient (Wildman–Crippen LogP) is 2.79. The number of nitrogens with one attached hydrogen (secondary N) is 2. The molecule has 3 N–H and O–H groups in total. The SMILES string of the molecule is CC(Nc1ccc(O)cc1Cl)C(=O)N1CCN(c2ccc(S(=O)(=O)Nc3ccncn3)cc2)CC1. The second-order valence-electron chi connectivity index (χ2n) is 8.04. The zero-order valence-electron chi connectivity index (χ0n) is 18.9. The Hall–Kier alpha value is -3.57. The molecule has 0 aliphatic carbocycles. The molecule has 2 heterocycles. The molecule has 1 amide bonds. The lowest BCUT2D eigenvalue weighted by molar-refractivity contribution is -0.131. The van der Waals surface area contributed by atoms with Crippen LogP contribution in [0.25, 0.3) is 0 Å². The van der Waals surface area contributed by atoms with Gasteiger partial charge in [0.2, 0.25) is 5.91 Å². The van der Waals surface area contributed by atoms with Crippen LogP contribution in [0.2, 0.25) is 5.02 Å². The quantitative estimate of drug-likeness (QED) is 0.409. The fourth-order valence-electron chi connectivity index (χ4n) is 3.76. The summed E-state index contributed by atoms with van der Waals surface area (Å²) in [7, 11) is -3.76. The van der Waals surface area contributed by atoms with Gasteiger partial charge in [0, 0.05) is 44.1 Å². The van der Waals surface area contributed by atoms with Crippen LogP contribution in [0, 0.1) is 0 Å². The third-order valence-electron chi connectivity index (χ3n) is 5.62. The Morgan fingerprint density at radius 1 is 1.09 bits per heavy atom. The van der Waals surface area contributed by atoms with Crippen molar-refractivity contribution in [1.29, 1.82) is 0 Å². The molecular formula is C23H25ClN6O4S. The third-order valence-corrected chi connectivity index (χ3v) is 7.30. The van der Waals surface area contributed by atoms with E-state index in [4.69, 9.17) is 11.6 Å². The minimum Gasteiger partial charge on any atom is -0.508 e. The average Bonchev–Trinajstić information content (AvgIpc) is 2.86. The number of hydrogen-bond acceptors (Lipinski definition) is 8. The first-order valence-corrected chi connectivity index (χ1v) is 12.8. The minimum atomic E-state index is -3.76. The number of halogens is 1. The molecule has 1 fully saturated rings. The fraction of sp³-hybridized carbons (Fsp3) is 0.261. The number of nitrogens with zero attached hydrogens (tertiary/aromatic N) is 4. The molecule has 1 aromatic heterocycles. The molecule has 2 aromatic carbocycles. The van der Waals surface area contributed by atoms with Crippen LogP contribution < -0.4 is 14.9 Å². The monoisotopic (exact) mass is 516 g/mol. The molecule has 1 unspecified atom stereocenters. The van der Waals surface area contributed by atoms with E-state index in [2.05, 4.69) is 24.9 Å². The van der Waals surface area contributed by atoms with E-state index >= 15 is 0 Å². The smallest absolute Gasteiger partial charge is 0.263 e. The molecule has 10 nitrogen and oxygen atoms in total. The lowest BCUT2D eigenvalue weighted by Gasteiger charge is -2.37. The van der Waals surface area contributed by atoms with Crippen molar-refractivity contribution in [1.82, 2.24) is 14.9 Å². The lowest BCUT2D eigenvalue weighted by Crippen LogP contribution is -2.52. The summed E-state index contributed by atoms with van der Waals surface area (Å²) in [5, 5.41) is 12.9. The molecule has 0 saturated carbocycles. The summed E-state index contributed by atoms with van der Waals surface area (Å²) < 4.78 is 27.6. The molecule has 1 aliphatic heterocycles. The van der Waals surface area contributed by atoms with Gasteiger partial charge in [0.05, 0.1) is 15.6 Å². The van der Waals surface area contributed by atoms with Gasteiger partial charge in [-0.15, -0.1) is 0 Å². The van der Waals surface area contributed by atoms with Gasteiger partial charge in [0.1, 0.15) is 23.9 Å². The summed E-state index contributed by atoms with van der Waals surface area (Å²) in [6, 6.07) is 12.1. The Bertz CT molecular complexity index is 1280. The molecule has 0 spiro atoms. The normalized spacial score (nSPS) is 14.9. The first-order valence-electron chi connectivity index (χ1n) is 10.9. The van der Waals surface area contributed by atoms with Crippen LogP contribution in [0.15, 0.2) is 66.0 Å². The van der Waals surface area contributed by atoms with Gasteiger partial charge < -0.3 is 20.2 Å². The predicted molar refractivity (Wildman–Crippen MR) is 134 cm³/mol. The Kier molecular flexibility index (Phi) is 7.27. The number of phenols is 1. The standard InChI is InChI=1S/C23H25ClN6O4S/c1-16(27-21-7-4-18(31)14-20(21)24)23(32)30-12-10-29(11-13-30)17-2-5-19(6-3-17)35(33,34)28-22-8-9-25-15-26-22/h2-9,14-16,27,31H,10-13H2,1H3,(H,25,26,28). The number of amides is 1. The van der Waals surface area contributed by atoms with E-state index in [0.717, 1.165) is 5.69 Å². The van der Waals surface area contributed by atoms with Crippen molar-refractivity contribution in [3.63, 3.8) is 0 Å². The fourth-order valence-corrected chi connectivity index (χ4v) is 5.00. The summed E-state index contributed by atoms with van der Waals surface area (Å²) in [6.45, 7) is 4.06. The number of sulfonamides is 1. The summed E-state index contributed by atoms with van der Waals surface area (Å²) >= 11 is 6.13. The highest BCUT2D eigenvalue weighted by Gasteiger charge is 2.26. The van der Waals surface area contributed by atoms with E-state index in [0.29, 0.717) is 36.9 Å². The Morgan fingerprint density at radius 2 is 1.80 bits per heavy atom. The Morgan fingerprint density at radius 3 is 2.43 bits per heavy atom. The molecule has 0 radical (unpaired) electrons. The summed E-state index contributed by atoms with van der Waals surface area (Å²) in [4.78, 5) is 24.6. The number of carbonyl (C=O) groups is 1. The first kappa shape index (κ1) is 24.6. The van der Waals surface area contributed by atoms with E-state index in [1.807, 2.05) is 0 Å². The molecule has 1 saturated heterocycles. The van der Waals surface area contributed by atoms with Crippen molar-refractivity contribution < 1.29 is 18.3 Å². The number of benzene rings is 2. The second kappa shape index (κ2) is 10.4. The summed E-state index contributed by atoms with van der Waals surface area (Å²) in [6.07, 6.45) is 2.72. The van der Waals surface area contributed by atoms with Crippen LogP contribution in [0.1, 0.15) is 6.92 Å². The van der Waals surface area contributed by atoms with Gasteiger partial charge in [-0.05, 0) is 49.4 Å². The molecule has 4 rings (SSSR count). The first-order chi connectivity index (χ1) is 16.7. The van der Waals surface area contributed by atoms with E-state index in [9.17, 15) is 18.3 Å². The van der Waals surface area contributed by atoms with Crippen molar-refractivity contribution in [3.8, 4) is 5.75 Å². The van der Waals surface area contributed by atoms with Crippen LogP contribution in [0.3, 0.4) is 0 Å². The summed E-state index contributed by atoms with van der Waals surface area (Å²) in [5.41, 5.74) is 1.45. The maximum atomic E-state index is 12.9. The van der Waals surface area contributed by atoms with Crippen molar-refractivity contribution in [2.24, 2.45) is 0 Å². The zero-order valence-corrected chi connectivity index (χ0v) is 20.5. The molecule has 35 heavy (non-hydrogen) atoms. The van der Waals surface area contributed by atoms with Crippen LogP contribution in [-0.2, 0) is 14.8 Å². The van der Waals surface area contributed by atoms with E-state index in [1.165, 1.54) is 30.7 Å². The maximum Gasteiger partial charge on any atom is 0.263 e. The van der Waals surface area contributed by atoms with Crippen LogP contribution in [0.5, 0.6) is 5.75 Å². The van der Waals surface area contributed by atoms with Crippen LogP contribution >= 0.6 is 11.6 Å². The largest absolute Gasteiger partial charge is 0.508 e. The highest BCUT2D eigenvalue weighted by atomic mass is 35.5. The van der Waals surface area contributed by atoms with Crippen LogP contribution in [-0.4, -0.2) is 66.5 Å². The highest BCUT2D eigenvalue weighted by Crippen LogP contribution is 2.27. The molecular weight excluding hydrogens is 492 g/mol. The van der Waals surface area contributed by atoms with Gasteiger partial charge in [-0.3, -0.25) is 9.52 Å². The number of aromatic hydroxyl groups is 1. The number of carbonyl (C=O) groups excluding carboxylic acids is 1. The third kappa shape index (κ3) is 5.92. The van der Waals surface area contributed by atoms with E-state index in [1.54, 1.807) is 42.2 Å². The van der Waals surface area contributed by atoms with E-state index < -0.39 is 16.1 Å². The van der Waals surface area contributed by atoms with Gasteiger partial charge in [0.15, 0.2) is 0 Å². The number of phenolic OH excluding ortho intramolecular Hbond substituents is 1. The Balaban J connectivity index is 1.33. The van der Waals surface area contributed by atoms with E-state index in [-0.39, 0.29) is 22.4 Å². The number of rotatable bonds is 7. The molecule has 0 bridgehead atoms. The molecule has 1 atom stereocenters. The van der Waals surface area contributed by atoms with Crippen molar-refractivity contribution in [3.05, 3.63) is 66.1 Å². The lowest BCUT2D eigenvalue weighted by atomic mass is 10.2. The number of anilines is 3. The van der Waals surface area contributed by atoms with Crippen molar-refractivity contribution >= 4 is 44.7 Å². The zero-order chi connectivity index (χ0) is 25.0. The van der Waals surface area contributed by atoms with Gasteiger partial charge in [-0.25, -0.2) is 18.4 Å². The molecule has 12 heteroatoms. The van der Waals surface area contributed by atoms with Gasteiger partial charge >= 0.3 is 0 Å². The Labute approximate surface area is 208 Å². The number of hydrogen-bond donors (Lipinski definition) is 3. The molecule has 3 aromatic rings. The van der Waals surface area contributed by atoms with Crippen LogP contribution in [0.4, 0.5) is 17.2 Å². The highest BCUT2D eigenvalue weighted by molar-refractivity contribution is 7.92. The molecule has 1 aliphatic rings. The van der Waals surface area contributed by atoms with Gasteiger partial charge in [-0.1, -0.05) is 11.6 Å². The minimum absolute atomic E-state index is 0.0500. The number of piperazine rings is 1. The maximum absolute atomic E-state index is 12.9. The number of aromatic nitrogens is 2. The topological polar surface area (TPSA) is 128 Å². The molecule has 184 valence electrons. The summed E-state index contributed by atoms with van der Waals surface area (Å²) in [5.74, 6) is 0.204. The van der Waals surface area contributed by atoms with Gasteiger partial charge in [-0.2, -0.15) is 0 Å². The van der Waals surface area contributed by atoms with Gasteiger partial charge in [0.25, 0.3) is 10.0 Å². The average molecular weight is 517 g/mol. The van der Waals surface area contributed by atoms with Crippen molar-refractivity contribution in [2.75, 3.05) is 41.1 Å². The van der Waals surface area contributed by atoms with Crippen molar-refractivity contribution in [2.45, 2.75) is 17.9 Å².